The summed E-state index contributed by atoms with van der Waals surface area (Å²) in [5.74, 6) is 0.383. The number of anilines is 1. The van der Waals surface area contributed by atoms with E-state index in [1.165, 1.54) is 7.11 Å². The van der Waals surface area contributed by atoms with Gasteiger partial charge in [0.15, 0.2) is 0 Å². The molecular formula is C27H41ClN4O5. The molecule has 4 heterocycles. The van der Waals surface area contributed by atoms with Crippen LogP contribution in [0, 0.1) is 5.92 Å². The van der Waals surface area contributed by atoms with Crippen LogP contribution in [0.1, 0.15) is 62.2 Å². The molecule has 6 atom stereocenters. The predicted octanol–water partition coefficient (Wildman–Crippen LogP) is 3.29. The molecule has 1 aromatic rings. The lowest BCUT2D eigenvalue weighted by Crippen LogP contribution is -2.65. The number of hydrogen-bond acceptors (Lipinski definition) is 8. The third kappa shape index (κ3) is 6.50. The number of carbonyl (C=O) groups excluding carboxylic acids is 2. The minimum absolute atomic E-state index is 0.00573. The highest BCUT2D eigenvalue weighted by Gasteiger charge is 2.46. The second kappa shape index (κ2) is 12.7. The van der Waals surface area contributed by atoms with Crippen LogP contribution in [0.2, 0.25) is 5.02 Å². The van der Waals surface area contributed by atoms with Crippen LogP contribution in [-0.4, -0.2) is 86.5 Å². The quantitative estimate of drug-likeness (QED) is 0.266. The molecule has 0 aromatic heterocycles. The Kier molecular flexibility index (Phi) is 9.56. The van der Waals surface area contributed by atoms with E-state index in [0.29, 0.717) is 36.5 Å². The molecule has 4 fully saturated rings. The van der Waals surface area contributed by atoms with E-state index in [4.69, 9.17) is 31.5 Å². The van der Waals surface area contributed by atoms with Crippen molar-refractivity contribution < 1.29 is 23.8 Å². The fraction of sp³-hybridized carbons (Fsp3) is 0.704. The highest BCUT2D eigenvalue weighted by molar-refractivity contribution is 6.34. The van der Waals surface area contributed by atoms with E-state index in [0.717, 1.165) is 58.2 Å². The lowest BCUT2D eigenvalue weighted by molar-refractivity contribution is -0.170. The van der Waals surface area contributed by atoms with Crippen molar-refractivity contribution in [2.24, 2.45) is 5.92 Å². The molecule has 4 aliphatic rings. The third-order valence-corrected chi connectivity index (χ3v) is 8.38. The van der Waals surface area contributed by atoms with Gasteiger partial charge in [0, 0.05) is 57.4 Å². The van der Waals surface area contributed by atoms with Crippen LogP contribution in [0.25, 0.3) is 0 Å². The molecule has 0 radical (unpaired) electrons. The minimum Gasteiger partial charge on any atom is -0.496 e. The van der Waals surface area contributed by atoms with E-state index in [1.807, 2.05) is 0 Å². The van der Waals surface area contributed by atoms with Crippen LogP contribution >= 0.6 is 11.6 Å². The molecule has 3 N–H and O–H groups in total. The van der Waals surface area contributed by atoms with Gasteiger partial charge in [0.05, 0.1) is 30.4 Å². The average Bonchev–Trinajstić information content (AvgIpc) is 2.88. The number of carbonyl (C=O) groups is 2. The van der Waals surface area contributed by atoms with Crippen molar-refractivity contribution >= 4 is 29.2 Å². The van der Waals surface area contributed by atoms with Crippen molar-refractivity contribution in [1.82, 2.24) is 15.1 Å². The van der Waals surface area contributed by atoms with Gasteiger partial charge in [-0.25, -0.2) is 0 Å². The van der Waals surface area contributed by atoms with Crippen LogP contribution in [0.15, 0.2) is 12.1 Å². The van der Waals surface area contributed by atoms with Crippen LogP contribution < -0.4 is 15.8 Å². The van der Waals surface area contributed by atoms with Gasteiger partial charge in [0.25, 0.3) is 5.91 Å². The van der Waals surface area contributed by atoms with Gasteiger partial charge in [-0.3, -0.25) is 19.4 Å². The van der Waals surface area contributed by atoms with Crippen LogP contribution in [0.3, 0.4) is 0 Å². The van der Waals surface area contributed by atoms with Crippen molar-refractivity contribution in [3.05, 3.63) is 22.7 Å². The standard InChI is InChI=1S/C27H41ClN4O5/c1-4-5-6-7-25(33)37-22-15-31-10-8-17(22)12-24(31)32-11-9-20(23(16-32)36-3)30-27(34)26-19(28)13-18(29)14-21(26)35-2/h13-14,17,20,22-24H,4-12,15-16,29H2,1-3H3,(H,30,34)/t17-,20-,22+,23+,24-/m1/s1. The molecule has 1 unspecified atom stereocenters. The number of likely N-dealkylation sites (tertiary alicyclic amines) is 1. The summed E-state index contributed by atoms with van der Waals surface area (Å²) in [5, 5.41) is 3.37. The summed E-state index contributed by atoms with van der Waals surface area (Å²) in [7, 11) is 3.18. The normalized spacial score (nSPS) is 29.6. The number of piperidine rings is 4. The number of esters is 1. The van der Waals surface area contributed by atoms with Gasteiger partial charge in [-0.2, -0.15) is 0 Å². The summed E-state index contributed by atoms with van der Waals surface area (Å²) < 4.78 is 17.1. The van der Waals surface area contributed by atoms with Crippen molar-refractivity contribution in [1.29, 1.82) is 0 Å². The zero-order chi connectivity index (χ0) is 26.5. The molecule has 206 valence electrons. The molecule has 10 heteroatoms. The molecule has 2 bridgehead atoms. The molecule has 0 spiro atoms. The summed E-state index contributed by atoms with van der Waals surface area (Å²) in [6.45, 7) is 5.49. The lowest BCUT2D eigenvalue weighted by Gasteiger charge is -2.54. The molecule has 0 saturated carbocycles. The monoisotopic (exact) mass is 536 g/mol. The third-order valence-electron chi connectivity index (χ3n) is 8.08. The second-order valence-electron chi connectivity index (χ2n) is 10.5. The second-order valence-corrected chi connectivity index (χ2v) is 10.9. The first-order valence-electron chi connectivity index (χ1n) is 13.5. The van der Waals surface area contributed by atoms with E-state index in [1.54, 1.807) is 19.2 Å². The number of nitrogens with two attached hydrogens (primary N) is 1. The van der Waals surface area contributed by atoms with E-state index in [2.05, 4.69) is 22.0 Å². The lowest BCUT2D eigenvalue weighted by atomic mass is 9.82. The molecule has 9 nitrogen and oxygen atoms in total. The largest absolute Gasteiger partial charge is 0.496 e. The number of hydrogen-bond donors (Lipinski definition) is 2. The number of amides is 1. The first-order valence-corrected chi connectivity index (χ1v) is 13.9. The molecule has 4 aliphatic heterocycles. The van der Waals surface area contributed by atoms with E-state index >= 15 is 0 Å². The predicted molar refractivity (Wildman–Crippen MR) is 143 cm³/mol. The maximum Gasteiger partial charge on any atom is 0.306 e. The molecular weight excluding hydrogens is 496 g/mol. The Morgan fingerprint density at radius 3 is 2.49 bits per heavy atom. The number of nitrogens with one attached hydrogen (secondary N) is 1. The Morgan fingerprint density at radius 2 is 1.84 bits per heavy atom. The van der Waals surface area contributed by atoms with Gasteiger partial charge in [-0.1, -0.05) is 31.4 Å². The maximum atomic E-state index is 13.1. The number of methoxy groups -OCH3 is 2. The summed E-state index contributed by atoms with van der Waals surface area (Å²) in [5.41, 5.74) is 6.57. The number of benzene rings is 1. The highest BCUT2D eigenvalue weighted by atomic mass is 35.5. The molecule has 0 aliphatic carbocycles. The SMILES string of the molecule is CCCCCC(=O)O[C@H]1CN2CC[C@@H]1C[C@H]2N1CC[C@@H](NC(=O)c2c(Cl)cc(N)cc2OC)[C@@H](OC)C1. The molecule has 1 amide bonds. The topological polar surface area (TPSA) is 106 Å². The first kappa shape index (κ1) is 28.0. The molecule has 5 rings (SSSR count). The maximum absolute atomic E-state index is 13.1. The Hall–Kier alpha value is -2.07. The van der Waals surface area contributed by atoms with Crippen LogP contribution in [-0.2, 0) is 14.3 Å². The number of fused-ring (bicyclic) bond motifs is 3. The van der Waals surface area contributed by atoms with Gasteiger partial charge in [-0.05, 0) is 31.7 Å². The van der Waals surface area contributed by atoms with Gasteiger partial charge in [-0.15, -0.1) is 0 Å². The Bertz CT molecular complexity index is 963. The Labute approximate surface area is 224 Å². The number of rotatable bonds is 10. The molecule has 1 aromatic carbocycles. The Balaban J connectivity index is 1.34. The smallest absolute Gasteiger partial charge is 0.306 e. The van der Waals surface area contributed by atoms with Gasteiger partial charge in [0.2, 0.25) is 0 Å². The highest BCUT2D eigenvalue weighted by Crippen LogP contribution is 2.37. The minimum atomic E-state index is -0.300. The zero-order valence-corrected chi connectivity index (χ0v) is 23.0. The van der Waals surface area contributed by atoms with E-state index in [9.17, 15) is 9.59 Å². The summed E-state index contributed by atoms with van der Waals surface area (Å²) in [6, 6.07) is 3.00. The molecule has 37 heavy (non-hydrogen) atoms. The Morgan fingerprint density at radius 1 is 1.11 bits per heavy atom. The average molecular weight is 537 g/mol. The van der Waals surface area contributed by atoms with Crippen molar-refractivity contribution in [3.8, 4) is 5.75 Å². The molecule has 4 saturated heterocycles. The van der Waals surface area contributed by atoms with Crippen molar-refractivity contribution in [3.63, 3.8) is 0 Å². The van der Waals surface area contributed by atoms with Crippen LogP contribution in [0.5, 0.6) is 5.75 Å². The summed E-state index contributed by atoms with van der Waals surface area (Å²) in [4.78, 5) is 30.4. The fourth-order valence-electron chi connectivity index (χ4n) is 6.05. The summed E-state index contributed by atoms with van der Waals surface area (Å²) >= 11 is 6.33. The number of nitrogens with zero attached hydrogens (tertiary/aromatic N) is 2. The van der Waals surface area contributed by atoms with Gasteiger partial charge in [0.1, 0.15) is 17.4 Å². The van der Waals surface area contributed by atoms with Gasteiger partial charge < -0.3 is 25.3 Å². The number of ether oxygens (including phenoxy) is 3. The number of unbranched alkanes of at least 4 members (excludes halogenated alkanes) is 2. The number of nitrogen functional groups attached to an aromatic ring is 1. The first-order chi connectivity index (χ1) is 17.8. The van der Waals surface area contributed by atoms with E-state index in [-0.39, 0.29) is 40.7 Å². The summed E-state index contributed by atoms with van der Waals surface area (Å²) in [6.07, 6.45) is 6.52. The number of halogens is 1. The fourth-order valence-corrected chi connectivity index (χ4v) is 6.35. The zero-order valence-electron chi connectivity index (χ0n) is 22.2. The van der Waals surface area contributed by atoms with Gasteiger partial charge >= 0.3 is 5.97 Å². The van der Waals surface area contributed by atoms with Crippen molar-refractivity contribution in [2.75, 3.05) is 46.1 Å². The van der Waals surface area contributed by atoms with E-state index < -0.39 is 0 Å². The van der Waals surface area contributed by atoms with Crippen LogP contribution in [0.4, 0.5) is 5.69 Å². The van der Waals surface area contributed by atoms with Crippen molar-refractivity contribution in [2.45, 2.75) is 76.3 Å².